The molecule has 0 aliphatic carbocycles. The molecule has 2 aromatic carbocycles. The zero-order valence-electron chi connectivity index (χ0n) is 17.9. The third-order valence-corrected chi connectivity index (χ3v) is 5.50. The minimum absolute atomic E-state index is 0.177. The fraction of sp³-hybridized carbons (Fsp3) is 0.375. The molecule has 31 heavy (non-hydrogen) atoms. The third kappa shape index (κ3) is 4.68. The fourth-order valence-electron chi connectivity index (χ4n) is 3.88. The van der Waals surface area contributed by atoms with Gasteiger partial charge in [-0.1, -0.05) is 26.0 Å². The van der Waals surface area contributed by atoms with E-state index in [2.05, 4.69) is 10.2 Å². The fourth-order valence-corrected chi connectivity index (χ4v) is 3.88. The van der Waals surface area contributed by atoms with Gasteiger partial charge in [0.05, 0.1) is 24.3 Å². The summed E-state index contributed by atoms with van der Waals surface area (Å²) in [6.45, 7) is 8.50. The Morgan fingerprint density at radius 2 is 1.68 bits per heavy atom. The molecule has 1 N–H and O–H groups in total. The molecule has 1 fully saturated rings. The van der Waals surface area contributed by atoms with Crippen LogP contribution in [0.1, 0.15) is 50.5 Å². The van der Waals surface area contributed by atoms with Gasteiger partial charge >= 0.3 is 0 Å². The van der Waals surface area contributed by atoms with E-state index in [4.69, 9.17) is 4.74 Å². The molecule has 0 atom stereocenters. The molecule has 7 heteroatoms. The first-order valence-corrected chi connectivity index (χ1v) is 10.6. The summed E-state index contributed by atoms with van der Waals surface area (Å²) < 4.78 is 5.37. The zero-order valence-corrected chi connectivity index (χ0v) is 17.9. The molecule has 0 radical (unpaired) electrons. The number of hydrogen-bond acceptors (Lipinski definition) is 5. The quantitative estimate of drug-likeness (QED) is 0.726. The summed E-state index contributed by atoms with van der Waals surface area (Å²) in [5, 5.41) is 2.87. The van der Waals surface area contributed by atoms with Gasteiger partial charge in [0.2, 0.25) is 0 Å². The second-order valence-corrected chi connectivity index (χ2v) is 8.41. The van der Waals surface area contributed by atoms with Crippen LogP contribution in [0.25, 0.3) is 0 Å². The van der Waals surface area contributed by atoms with Crippen molar-refractivity contribution in [1.29, 1.82) is 0 Å². The Morgan fingerprint density at radius 3 is 2.35 bits per heavy atom. The number of carbonyl (C=O) groups is 3. The molecular weight excluding hydrogens is 394 g/mol. The van der Waals surface area contributed by atoms with Crippen LogP contribution in [0.4, 0.5) is 5.69 Å². The average Bonchev–Trinajstić information content (AvgIpc) is 3.00. The van der Waals surface area contributed by atoms with Gasteiger partial charge < -0.3 is 10.1 Å². The van der Waals surface area contributed by atoms with E-state index in [9.17, 15) is 14.4 Å². The number of amides is 3. The molecule has 0 saturated carbocycles. The highest BCUT2D eigenvalue weighted by molar-refractivity contribution is 6.22. The van der Waals surface area contributed by atoms with Gasteiger partial charge in [-0.3, -0.25) is 24.2 Å². The predicted molar refractivity (Wildman–Crippen MR) is 117 cm³/mol. The van der Waals surface area contributed by atoms with E-state index in [-0.39, 0.29) is 23.6 Å². The Balaban J connectivity index is 1.42. The maximum absolute atomic E-state index is 12.7. The molecular formula is C24H27N3O4. The summed E-state index contributed by atoms with van der Waals surface area (Å²) in [6.07, 6.45) is 0. The number of benzene rings is 2. The van der Waals surface area contributed by atoms with Crippen LogP contribution in [0.15, 0.2) is 42.5 Å². The van der Waals surface area contributed by atoms with Crippen LogP contribution in [0.2, 0.25) is 0 Å². The number of morpholine rings is 1. The number of rotatable bonds is 6. The van der Waals surface area contributed by atoms with E-state index in [0.717, 1.165) is 32.8 Å². The predicted octanol–water partition coefficient (Wildman–Crippen LogP) is 3.02. The summed E-state index contributed by atoms with van der Waals surface area (Å²) >= 11 is 0. The zero-order chi connectivity index (χ0) is 22.0. The summed E-state index contributed by atoms with van der Waals surface area (Å²) in [7, 11) is 0. The van der Waals surface area contributed by atoms with Crippen molar-refractivity contribution in [3.63, 3.8) is 0 Å². The lowest BCUT2D eigenvalue weighted by Gasteiger charge is -2.26. The molecule has 3 amide bonds. The number of ether oxygens (including phenoxy) is 1. The van der Waals surface area contributed by atoms with Crippen molar-refractivity contribution < 1.29 is 19.1 Å². The van der Waals surface area contributed by atoms with E-state index in [1.165, 1.54) is 16.5 Å². The first kappa shape index (κ1) is 21.2. The van der Waals surface area contributed by atoms with Crippen LogP contribution in [0, 0.1) is 5.92 Å². The van der Waals surface area contributed by atoms with Crippen molar-refractivity contribution in [3.8, 4) is 0 Å². The Labute approximate surface area is 182 Å². The lowest BCUT2D eigenvalue weighted by molar-refractivity contribution is 0.0342. The first-order chi connectivity index (χ1) is 14.9. The van der Waals surface area contributed by atoms with Crippen molar-refractivity contribution in [2.45, 2.75) is 20.4 Å². The van der Waals surface area contributed by atoms with Crippen molar-refractivity contribution >= 4 is 23.4 Å². The number of imide groups is 1. The molecule has 0 aromatic heterocycles. The van der Waals surface area contributed by atoms with E-state index in [0.29, 0.717) is 28.9 Å². The summed E-state index contributed by atoms with van der Waals surface area (Å²) in [5.41, 5.74) is 2.85. The SMILES string of the molecule is CC(C)CN1C(=O)c2ccc(C(=O)Nc3ccc(CN4CCOCC4)cc3)cc2C1=O. The molecule has 0 spiro atoms. The van der Waals surface area contributed by atoms with Crippen LogP contribution >= 0.6 is 0 Å². The monoisotopic (exact) mass is 421 g/mol. The Morgan fingerprint density at radius 1 is 1.00 bits per heavy atom. The number of fused-ring (bicyclic) bond motifs is 1. The van der Waals surface area contributed by atoms with E-state index in [1.807, 2.05) is 38.1 Å². The summed E-state index contributed by atoms with van der Waals surface area (Å²) in [6, 6.07) is 12.4. The van der Waals surface area contributed by atoms with Gasteiger partial charge in [-0.2, -0.15) is 0 Å². The summed E-state index contributed by atoms with van der Waals surface area (Å²) in [4.78, 5) is 41.4. The Hall–Kier alpha value is -3.03. The third-order valence-electron chi connectivity index (χ3n) is 5.50. The standard InChI is InChI=1S/C24H27N3O4/c1-16(2)14-27-23(29)20-8-5-18(13-21(20)24(27)30)22(28)25-19-6-3-17(4-7-19)15-26-9-11-31-12-10-26/h3-8,13,16H,9-12,14-15H2,1-2H3,(H,25,28). The second-order valence-electron chi connectivity index (χ2n) is 8.41. The topological polar surface area (TPSA) is 79.0 Å². The molecule has 7 nitrogen and oxygen atoms in total. The lowest BCUT2D eigenvalue weighted by Crippen LogP contribution is -2.35. The number of carbonyl (C=O) groups excluding carboxylic acids is 3. The lowest BCUT2D eigenvalue weighted by atomic mass is 10.1. The van der Waals surface area contributed by atoms with Crippen molar-refractivity contribution in [1.82, 2.24) is 9.80 Å². The second kappa shape index (κ2) is 8.99. The molecule has 2 heterocycles. The van der Waals surface area contributed by atoms with Gasteiger partial charge in [0.1, 0.15) is 0 Å². The largest absolute Gasteiger partial charge is 0.379 e. The number of anilines is 1. The molecule has 2 aliphatic heterocycles. The van der Waals surface area contributed by atoms with E-state index in [1.54, 1.807) is 12.1 Å². The van der Waals surface area contributed by atoms with Crippen molar-refractivity contribution in [2.75, 3.05) is 38.2 Å². The van der Waals surface area contributed by atoms with Gasteiger partial charge in [-0.25, -0.2) is 0 Å². The number of nitrogens with one attached hydrogen (secondary N) is 1. The summed E-state index contributed by atoms with van der Waals surface area (Å²) in [5.74, 6) is -0.769. The molecule has 2 aliphatic rings. The average molecular weight is 421 g/mol. The molecule has 4 rings (SSSR count). The van der Waals surface area contributed by atoms with Crippen LogP contribution < -0.4 is 5.32 Å². The first-order valence-electron chi connectivity index (χ1n) is 10.6. The number of nitrogens with zero attached hydrogens (tertiary/aromatic N) is 2. The molecule has 0 unspecified atom stereocenters. The van der Waals surface area contributed by atoms with Gasteiger partial charge in [0.25, 0.3) is 17.7 Å². The van der Waals surface area contributed by atoms with Crippen LogP contribution in [-0.4, -0.2) is 60.4 Å². The highest BCUT2D eigenvalue weighted by Gasteiger charge is 2.36. The Bertz CT molecular complexity index is 994. The Kier molecular flexibility index (Phi) is 6.15. The van der Waals surface area contributed by atoms with Crippen molar-refractivity contribution in [2.24, 2.45) is 5.92 Å². The highest BCUT2D eigenvalue weighted by atomic mass is 16.5. The van der Waals surface area contributed by atoms with Gasteiger partial charge in [-0.05, 0) is 41.8 Å². The normalized spacial score (nSPS) is 16.7. The molecule has 162 valence electrons. The molecule has 2 aromatic rings. The van der Waals surface area contributed by atoms with E-state index < -0.39 is 0 Å². The van der Waals surface area contributed by atoms with Crippen molar-refractivity contribution in [3.05, 3.63) is 64.7 Å². The highest BCUT2D eigenvalue weighted by Crippen LogP contribution is 2.25. The number of hydrogen-bond donors (Lipinski definition) is 1. The maximum Gasteiger partial charge on any atom is 0.261 e. The minimum Gasteiger partial charge on any atom is -0.379 e. The van der Waals surface area contributed by atoms with Gasteiger partial charge in [0, 0.05) is 37.4 Å². The smallest absolute Gasteiger partial charge is 0.261 e. The van der Waals surface area contributed by atoms with Gasteiger partial charge in [-0.15, -0.1) is 0 Å². The van der Waals surface area contributed by atoms with E-state index >= 15 is 0 Å². The minimum atomic E-state index is -0.337. The van der Waals surface area contributed by atoms with Gasteiger partial charge in [0.15, 0.2) is 0 Å². The van der Waals surface area contributed by atoms with Crippen LogP contribution in [-0.2, 0) is 11.3 Å². The van der Waals surface area contributed by atoms with Crippen LogP contribution in [0.5, 0.6) is 0 Å². The van der Waals surface area contributed by atoms with Crippen LogP contribution in [0.3, 0.4) is 0 Å². The molecule has 1 saturated heterocycles. The maximum atomic E-state index is 12.7. The molecule has 0 bridgehead atoms.